The van der Waals surface area contributed by atoms with Crippen LogP contribution < -0.4 is 10.4 Å². The van der Waals surface area contributed by atoms with Crippen molar-refractivity contribution in [3.8, 4) is 0 Å². The van der Waals surface area contributed by atoms with Gasteiger partial charge in [-0.05, 0) is 49.2 Å². The Morgan fingerprint density at radius 2 is 2.00 bits per heavy atom. The fourth-order valence-electron chi connectivity index (χ4n) is 3.35. The normalized spacial score (nSPS) is 16.8. The Hall–Kier alpha value is -2.15. The molecule has 0 saturated carbocycles. The van der Waals surface area contributed by atoms with Crippen molar-refractivity contribution in [2.24, 2.45) is 11.3 Å². The molecule has 1 aliphatic carbocycles. The van der Waals surface area contributed by atoms with E-state index in [0.717, 1.165) is 42.2 Å². The van der Waals surface area contributed by atoms with Crippen molar-refractivity contribution in [3.05, 3.63) is 28.2 Å². The average molecular weight is 392 g/mol. The second-order valence-electron chi connectivity index (χ2n) is 7.35. The van der Waals surface area contributed by atoms with Crippen molar-refractivity contribution in [2.75, 3.05) is 11.9 Å². The van der Waals surface area contributed by atoms with Crippen molar-refractivity contribution in [1.29, 1.82) is 0 Å². The third-order valence-corrected chi connectivity index (χ3v) is 6.54. The van der Waals surface area contributed by atoms with Crippen LogP contribution in [0.3, 0.4) is 0 Å². The molecule has 1 heterocycles. The summed E-state index contributed by atoms with van der Waals surface area (Å²) in [6.45, 7) is 8.68. The van der Waals surface area contributed by atoms with Crippen molar-refractivity contribution < 1.29 is 24.2 Å². The Balaban J connectivity index is 2.35. The molecular weight excluding hydrogens is 366 g/mol. The van der Waals surface area contributed by atoms with Crippen LogP contribution in [0.4, 0.5) is 5.00 Å². The Labute approximate surface area is 163 Å². The van der Waals surface area contributed by atoms with Gasteiger partial charge in [-0.3, -0.25) is 4.79 Å². The zero-order valence-corrected chi connectivity index (χ0v) is 17.0. The van der Waals surface area contributed by atoms with Crippen molar-refractivity contribution in [1.82, 2.24) is 0 Å². The quantitative estimate of drug-likeness (QED) is 0.569. The molecule has 0 aliphatic heterocycles. The number of carbonyl (C=O) groups is 3. The van der Waals surface area contributed by atoms with E-state index < -0.39 is 17.8 Å². The summed E-state index contributed by atoms with van der Waals surface area (Å²) in [6.07, 6.45) is 5.21. The van der Waals surface area contributed by atoms with Gasteiger partial charge in [0.05, 0.1) is 18.1 Å². The first-order valence-electron chi connectivity index (χ1n) is 9.21. The first-order valence-corrected chi connectivity index (χ1v) is 10.0. The lowest BCUT2D eigenvalue weighted by atomic mass is 9.69. The minimum atomic E-state index is -1.45. The highest BCUT2D eigenvalue weighted by atomic mass is 32.1. The van der Waals surface area contributed by atoms with Crippen LogP contribution in [-0.4, -0.2) is 24.5 Å². The molecule has 1 N–H and O–H groups in total. The highest BCUT2D eigenvalue weighted by Crippen LogP contribution is 2.45. The fraction of sp³-hybridized carbons (Fsp3) is 0.550. The molecule has 148 valence electrons. The maximum absolute atomic E-state index is 12.5. The summed E-state index contributed by atoms with van der Waals surface area (Å²) in [5, 5.41) is 13.5. The van der Waals surface area contributed by atoms with Gasteiger partial charge >= 0.3 is 5.97 Å². The predicted octanol–water partition coefficient (Wildman–Crippen LogP) is 2.71. The number of thiophene rings is 1. The lowest BCUT2D eigenvalue weighted by Crippen LogP contribution is -2.28. The number of ether oxygens (including phenoxy) is 1. The van der Waals surface area contributed by atoms with E-state index in [2.05, 4.69) is 26.1 Å². The van der Waals surface area contributed by atoms with Gasteiger partial charge in [0.15, 0.2) is 0 Å². The summed E-state index contributed by atoms with van der Waals surface area (Å²) < 4.78 is 5.18. The van der Waals surface area contributed by atoms with Crippen LogP contribution in [0, 0.1) is 11.3 Å². The van der Waals surface area contributed by atoms with E-state index in [1.165, 1.54) is 11.3 Å². The zero-order chi connectivity index (χ0) is 20.2. The molecule has 0 fully saturated rings. The van der Waals surface area contributed by atoms with E-state index >= 15 is 0 Å². The molecule has 0 unspecified atom stereocenters. The van der Waals surface area contributed by atoms with Gasteiger partial charge in [0.2, 0.25) is 5.91 Å². The van der Waals surface area contributed by atoms with E-state index in [1.807, 2.05) is 0 Å². The Bertz CT molecular complexity index is 763. The van der Waals surface area contributed by atoms with Crippen LogP contribution in [0.15, 0.2) is 12.2 Å². The molecule has 0 aromatic carbocycles. The molecule has 7 heteroatoms. The Morgan fingerprint density at radius 1 is 1.30 bits per heavy atom. The largest absolute Gasteiger partial charge is 0.545 e. The van der Waals surface area contributed by atoms with E-state index in [9.17, 15) is 19.5 Å². The third-order valence-electron chi connectivity index (χ3n) is 5.37. The summed E-state index contributed by atoms with van der Waals surface area (Å²) in [6, 6.07) is 0. The third kappa shape index (κ3) is 4.97. The van der Waals surface area contributed by atoms with Crippen LogP contribution in [0.25, 0.3) is 0 Å². The standard InChI is InChI=1S/C20H27NO5S/c1-5-20(3,4)12-7-8-13-14(11-12)27-18(17(13)19(25)26-6-2)21-15(22)9-10-16(23)24/h9-10,12H,5-8,11H2,1-4H3,(H,21,22)(H,23,24)/p-1/b10-9+/t12-/m1/s1. The van der Waals surface area contributed by atoms with Crippen molar-refractivity contribution >= 4 is 34.2 Å². The van der Waals surface area contributed by atoms with Crippen LogP contribution in [0.5, 0.6) is 0 Å². The van der Waals surface area contributed by atoms with E-state index in [-0.39, 0.29) is 12.0 Å². The van der Waals surface area contributed by atoms with Crippen LogP contribution in [0.2, 0.25) is 0 Å². The molecule has 1 aromatic rings. The highest BCUT2D eigenvalue weighted by molar-refractivity contribution is 7.17. The number of anilines is 1. The number of aliphatic carboxylic acids is 1. The van der Waals surface area contributed by atoms with Crippen LogP contribution in [-0.2, 0) is 27.2 Å². The van der Waals surface area contributed by atoms with Gasteiger partial charge in [-0.15, -0.1) is 11.3 Å². The average Bonchev–Trinajstić information content (AvgIpc) is 2.97. The molecule has 27 heavy (non-hydrogen) atoms. The maximum Gasteiger partial charge on any atom is 0.341 e. The van der Waals surface area contributed by atoms with E-state index in [0.29, 0.717) is 22.6 Å². The second kappa shape index (κ2) is 8.69. The van der Waals surface area contributed by atoms with Gasteiger partial charge in [-0.1, -0.05) is 27.2 Å². The first-order chi connectivity index (χ1) is 12.7. The molecule has 1 aromatic heterocycles. The SMILES string of the molecule is CCOC(=O)c1c(NC(=O)/C=C/C(=O)[O-])sc2c1CC[C@@H](C(C)(C)CC)C2. The maximum atomic E-state index is 12.5. The fourth-order valence-corrected chi connectivity index (χ4v) is 4.66. The molecule has 2 rings (SSSR count). The molecule has 1 aliphatic rings. The smallest absolute Gasteiger partial charge is 0.341 e. The monoisotopic (exact) mass is 392 g/mol. The minimum absolute atomic E-state index is 0.201. The van der Waals surface area contributed by atoms with E-state index in [4.69, 9.17) is 4.74 Å². The number of carbonyl (C=O) groups excluding carboxylic acids is 3. The Morgan fingerprint density at radius 3 is 2.59 bits per heavy atom. The highest BCUT2D eigenvalue weighted by Gasteiger charge is 2.35. The summed E-state index contributed by atoms with van der Waals surface area (Å²) in [7, 11) is 0. The molecular formula is C20H26NO5S-. The predicted molar refractivity (Wildman–Crippen MR) is 103 cm³/mol. The number of rotatable bonds is 7. The van der Waals surface area contributed by atoms with Crippen LogP contribution >= 0.6 is 11.3 Å². The van der Waals surface area contributed by atoms with Gasteiger partial charge in [-0.25, -0.2) is 4.79 Å². The number of esters is 1. The minimum Gasteiger partial charge on any atom is -0.545 e. The van der Waals surface area contributed by atoms with Crippen LogP contribution in [0.1, 0.15) is 61.3 Å². The summed E-state index contributed by atoms with van der Waals surface area (Å²) in [5.41, 5.74) is 1.55. The van der Waals surface area contributed by atoms with Gasteiger partial charge in [-0.2, -0.15) is 0 Å². The number of fused-ring (bicyclic) bond motifs is 1. The summed E-state index contributed by atoms with van der Waals surface area (Å²) >= 11 is 1.38. The van der Waals surface area contributed by atoms with Gasteiger partial charge in [0.1, 0.15) is 5.00 Å². The number of nitrogens with one attached hydrogen (secondary N) is 1. The van der Waals surface area contributed by atoms with Gasteiger partial charge < -0.3 is 20.0 Å². The molecule has 0 spiro atoms. The Kier molecular flexibility index (Phi) is 6.81. The lowest BCUT2D eigenvalue weighted by molar-refractivity contribution is -0.297. The summed E-state index contributed by atoms with van der Waals surface area (Å²) in [5.74, 6) is -2.02. The number of carboxylic acid groups (broad SMARTS) is 1. The number of hydrogen-bond donors (Lipinski definition) is 1. The zero-order valence-electron chi connectivity index (χ0n) is 16.2. The number of hydrogen-bond acceptors (Lipinski definition) is 6. The van der Waals surface area contributed by atoms with Crippen molar-refractivity contribution in [2.45, 2.75) is 53.4 Å². The molecule has 6 nitrogen and oxygen atoms in total. The molecule has 1 atom stereocenters. The molecule has 0 saturated heterocycles. The second-order valence-corrected chi connectivity index (χ2v) is 8.46. The topological polar surface area (TPSA) is 95.5 Å². The number of amides is 1. The molecule has 0 bridgehead atoms. The van der Waals surface area contributed by atoms with Gasteiger partial charge in [0, 0.05) is 11.0 Å². The molecule has 1 amide bonds. The first kappa shape index (κ1) is 21.2. The lowest BCUT2D eigenvalue weighted by Gasteiger charge is -2.36. The van der Waals surface area contributed by atoms with E-state index in [1.54, 1.807) is 6.92 Å². The summed E-state index contributed by atoms with van der Waals surface area (Å²) in [4.78, 5) is 36.1. The van der Waals surface area contributed by atoms with Crippen molar-refractivity contribution in [3.63, 3.8) is 0 Å². The van der Waals surface area contributed by atoms with Gasteiger partial charge in [0.25, 0.3) is 0 Å². The molecule has 0 radical (unpaired) electrons. The number of carboxylic acids is 1.